The Morgan fingerprint density at radius 3 is 1.76 bits per heavy atom. The van der Waals surface area contributed by atoms with Crippen molar-refractivity contribution in [2.45, 2.75) is 71.1 Å². The van der Waals surface area contributed by atoms with Gasteiger partial charge in [-0.2, -0.15) is 0 Å². The fourth-order valence-electron chi connectivity index (χ4n) is 8.53. The van der Waals surface area contributed by atoms with Crippen molar-refractivity contribution in [3.8, 4) is 34.5 Å². The lowest BCUT2D eigenvalue weighted by atomic mass is 9.34. The van der Waals surface area contributed by atoms with Crippen molar-refractivity contribution in [1.82, 2.24) is 0 Å². The minimum atomic E-state index is 0.00271. The molecule has 0 amide bonds. The maximum Gasteiger partial charge on any atom is 0.260 e. The molecule has 5 aromatic rings. The molecule has 4 nitrogen and oxygen atoms in total. The van der Waals surface area contributed by atoms with Crippen LogP contribution in [0.5, 0.6) is 34.5 Å². The van der Waals surface area contributed by atoms with E-state index < -0.39 is 0 Å². The maximum absolute atomic E-state index is 6.99. The molecule has 46 heavy (non-hydrogen) atoms. The van der Waals surface area contributed by atoms with Crippen LogP contribution >= 0.6 is 0 Å². The molecule has 0 aromatic heterocycles. The van der Waals surface area contributed by atoms with Crippen LogP contribution in [0.15, 0.2) is 91.0 Å². The van der Waals surface area contributed by atoms with Gasteiger partial charge in [-0.1, -0.05) is 90.9 Å². The van der Waals surface area contributed by atoms with E-state index in [4.69, 9.17) is 14.2 Å². The molecular weight excluding hydrogens is 565 g/mol. The predicted octanol–water partition coefficient (Wildman–Crippen LogP) is 9.25. The molecule has 0 atom stereocenters. The Morgan fingerprint density at radius 2 is 1.13 bits per heavy atom. The van der Waals surface area contributed by atoms with Crippen LogP contribution in [0.1, 0.15) is 71.6 Å². The molecule has 0 saturated carbocycles. The average Bonchev–Trinajstić information content (AvgIpc) is 3.19. The lowest BCUT2D eigenvalue weighted by Gasteiger charge is -2.37. The zero-order valence-electron chi connectivity index (χ0n) is 27.6. The third-order valence-electron chi connectivity index (χ3n) is 10.5. The fraction of sp³-hybridized carbons (Fsp3) is 0.268. The van der Waals surface area contributed by atoms with Gasteiger partial charge in [-0.3, -0.25) is 0 Å². The summed E-state index contributed by atoms with van der Waals surface area (Å²) in [6, 6.07) is 32.3. The predicted molar refractivity (Wildman–Crippen MR) is 188 cm³/mol. The van der Waals surface area contributed by atoms with Crippen molar-refractivity contribution < 1.29 is 14.2 Å². The van der Waals surface area contributed by atoms with Crippen LogP contribution in [0.4, 0.5) is 17.1 Å². The Hall–Kier alpha value is -4.64. The van der Waals surface area contributed by atoms with E-state index in [-0.39, 0.29) is 23.0 Å². The first kappa shape index (κ1) is 27.7. The Balaban J connectivity index is 1.30. The van der Waals surface area contributed by atoms with E-state index in [0.29, 0.717) is 0 Å². The third kappa shape index (κ3) is 3.87. The summed E-state index contributed by atoms with van der Waals surface area (Å²) in [7, 11) is 0. The van der Waals surface area contributed by atoms with Gasteiger partial charge >= 0.3 is 0 Å². The summed E-state index contributed by atoms with van der Waals surface area (Å²) in [5.41, 5.74) is 10.7. The second-order valence-electron chi connectivity index (χ2n) is 15.7. The molecule has 228 valence electrons. The van der Waals surface area contributed by atoms with Crippen LogP contribution in [0.2, 0.25) is 0 Å². The first-order valence-corrected chi connectivity index (χ1v) is 16.4. The first-order chi connectivity index (χ1) is 21.9. The number of nitrogens with zero attached hydrogens (tertiary/aromatic N) is 1. The second-order valence-corrected chi connectivity index (χ2v) is 15.7. The topological polar surface area (TPSA) is 30.9 Å². The highest BCUT2D eigenvalue weighted by Crippen LogP contribution is 2.53. The second kappa shape index (κ2) is 9.00. The Bertz CT molecular complexity index is 2080. The number of rotatable bonds is 1. The monoisotopic (exact) mass is 603 g/mol. The van der Waals surface area contributed by atoms with Crippen molar-refractivity contribution in [1.29, 1.82) is 0 Å². The molecule has 3 aliphatic heterocycles. The fourth-order valence-corrected chi connectivity index (χ4v) is 8.53. The van der Waals surface area contributed by atoms with E-state index in [1.165, 1.54) is 27.6 Å². The van der Waals surface area contributed by atoms with Crippen LogP contribution in [-0.2, 0) is 16.2 Å². The number of hydrogen-bond donors (Lipinski definition) is 0. The van der Waals surface area contributed by atoms with Crippen LogP contribution in [0.3, 0.4) is 0 Å². The van der Waals surface area contributed by atoms with Gasteiger partial charge in [0.2, 0.25) is 0 Å². The normalized spacial score (nSPS) is 17.3. The largest absolute Gasteiger partial charge is 0.458 e. The molecule has 0 bridgehead atoms. The summed E-state index contributed by atoms with van der Waals surface area (Å²) in [6.45, 7) is 16.3. The Labute approximate surface area is 272 Å². The van der Waals surface area contributed by atoms with Gasteiger partial charge in [-0.25, -0.2) is 0 Å². The van der Waals surface area contributed by atoms with Crippen molar-refractivity contribution in [3.63, 3.8) is 0 Å². The van der Waals surface area contributed by atoms with Gasteiger partial charge in [0.15, 0.2) is 11.5 Å². The molecule has 4 aliphatic rings. The zero-order valence-corrected chi connectivity index (χ0v) is 27.6. The van der Waals surface area contributed by atoms with Crippen LogP contribution in [-0.4, -0.2) is 6.71 Å². The molecule has 0 radical (unpaired) electrons. The minimum absolute atomic E-state index is 0.00271. The SMILES string of the molecule is CC(C)(C)c1ccc2c(c1)B1c3cc4c(cc3Oc3cc(N5c6ccccc6Oc6ccccc65)cc(c31)O2)C(C)(C)CC4(C)C. The van der Waals surface area contributed by atoms with E-state index >= 15 is 0 Å². The number of benzene rings is 5. The molecule has 3 heterocycles. The van der Waals surface area contributed by atoms with Crippen molar-refractivity contribution in [2.24, 2.45) is 0 Å². The third-order valence-corrected chi connectivity index (χ3v) is 10.5. The van der Waals surface area contributed by atoms with Crippen LogP contribution < -0.4 is 35.5 Å². The van der Waals surface area contributed by atoms with Crippen molar-refractivity contribution in [2.75, 3.05) is 4.90 Å². The molecule has 1 aliphatic carbocycles. The lowest BCUT2D eigenvalue weighted by Crippen LogP contribution is -2.58. The summed E-state index contributed by atoms with van der Waals surface area (Å²) >= 11 is 0. The van der Waals surface area contributed by atoms with Crippen LogP contribution in [0, 0.1) is 0 Å². The van der Waals surface area contributed by atoms with E-state index in [9.17, 15) is 0 Å². The Morgan fingerprint density at radius 1 is 0.587 bits per heavy atom. The summed E-state index contributed by atoms with van der Waals surface area (Å²) in [5, 5.41) is 0. The number of fused-ring (bicyclic) bond motifs is 7. The zero-order chi connectivity index (χ0) is 31.7. The number of hydrogen-bond acceptors (Lipinski definition) is 4. The molecule has 5 heteroatoms. The standard InChI is InChI=1S/C41H38BNO3/c1-39(2,3)24-16-17-32-28(18-24)42-29-21-26-27(41(6,7)23-40(26,4)5)22-35(29)46-37-20-25(19-36(44-32)38(37)42)43-30-12-8-10-14-33(30)45-34-15-11-9-13-31(34)43/h8-22H,23H2,1-7H3. The summed E-state index contributed by atoms with van der Waals surface area (Å²) in [5.74, 6) is 5.16. The quantitative estimate of drug-likeness (QED) is 0.175. The van der Waals surface area contributed by atoms with Gasteiger partial charge in [0.05, 0.1) is 17.1 Å². The highest BCUT2D eigenvalue weighted by Gasteiger charge is 2.47. The summed E-state index contributed by atoms with van der Waals surface area (Å²) in [6.07, 6.45) is 1.11. The van der Waals surface area contributed by atoms with Gasteiger partial charge in [-0.05, 0) is 86.7 Å². The number of ether oxygens (including phenoxy) is 3. The minimum Gasteiger partial charge on any atom is -0.458 e. The lowest BCUT2D eigenvalue weighted by molar-refractivity contribution is 0.402. The van der Waals surface area contributed by atoms with E-state index in [1.54, 1.807) is 0 Å². The van der Waals surface area contributed by atoms with E-state index in [0.717, 1.165) is 63.4 Å². The molecule has 9 rings (SSSR count). The molecule has 0 N–H and O–H groups in total. The summed E-state index contributed by atoms with van der Waals surface area (Å²) < 4.78 is 20.2. The number of anilines is 3. The van der Waals surface area contributed by atoms with Crippen molar-refractivity contribution >= 4 is 40.2 Å². The van der Waals surface area contributed by atoms with Gasteiger partial charge < -0.3 is 19.1 Å². The molecule has 0 fully saturated rings. The highest BCUT2D eigenvalue weighted by molar-refractivity contribution is 6.98. The van der Waals surface area contributed by atoms with Gasteiger partial charge in [0.25, 0.3) is 6.71 Å². The molecule has 0 spiro atoms. The first-order valence-electron chi connectivity index (χ1n) is 16.4. The van der Waals surface area contributed by atoms with Crippen molar-refractivity contribution in [3.05, 3.63) is 108 Å². The molecule has 5 aromatic carbocycles. The van der Waals surface area contributed by atoms with E-state index in [1.807, 2.05) is 24.3 Å². The average molecular weight is 604 g/mol. The molecule has 0 saturated heterocycles. The summed E-state index contributed by atoms with van der Waals surface area (Å²) in [4.78, 5) is 2.26. The van der Waals surface area contributed by atoms with Gasteiger partial charge in [-0.15, -0.1) is 0 Å². The Kier molecular flexibility index (Phi) is 5.41. The maximum atomic E-state index is 6.99. The molecular formula is C41H38BNO3. The highest BCUT2D eigenvalue weighted by atomic mass is 16.5. The molecule has 0 unspecified atom stereocenters. The van der Waals surface area contributed by atoms with Crippen LogP contribution in [0.25, 0.3) is 0 Å². The van der Waals surface area contributed by atoms with E-state index in [2.05, 4.69) is 120 Å². The number of para-hydroxylation sites is 4. The van der Waals surface area contributed by atoms with Gasteiger partial charge in [0, 0.05) is 17.6 Å². The van der Waals surface area contributed by atoms with Gasteiger partial charge in [0.1, 0.15) is 23.0 Å². The smallest absolute Gasteiger partial charge is 0.260 e.